The molecule has 2 rings (SSSR count). The average molecular weight is 251 g/mol. The zero-order valence-electron chi connectivity index (χ0n) is 10.2. The van der Waals surface area contributed by atoms with Gasteiger partial charge in [0.2, 0.25) is 0 Å². The molecule has 0 unspecified atom stereocenters. The minimum absolute atomic E-state index is 0.389. The van der Waals surface area contributed by atoms with E-state index in [0.717, 1.165) is 18.4 Å². The molecule has 1 heterocycles. The second-order valence-corrected chi connectivity index (χ2v) is 4.08. The Labute approximate surface area is 104 Å². The van der Waals surface area contributed by atoms with Gasteiger partial charge in [0.15, 0.2) is 0 Å². The van der Waals surface area contributed by atoms with Crippen LogP contribution < -0.4 is 5.32 Å². The molecule has 0 radical (unpaired) electrons. The number of nitrogens with zero attached hydrogens (tertiary/aromatic N) is 2. The molecule has 0 aliphatic carbocycles. The molecule has 1 N–H and O–H groups in total. The van der Waals surface area contributed by atoms with Crippen LogP contribution in [0.2, 0.25) is 0 Å². The second-order valence-electron chi connectivity index (χ2n) is 4.08. The van der Waals surface area contributed by atoms with E-state index < -0.39 is 11.6 Å². The van der Waals surface area contributed by atoms with Crippen LogP contribution in [0.5, 0.6) is 0 Å². The van der Waals surface area contributed by atoms with Crippen molar-refractivity contribution in [1.82, 2.24) is 14.9 Å². The van der Waals surface area contributed by atoms with Crippen LogP contribution in [0, 0.1) is 18.6 Å². The Morgan fingerprint density at radius 1 is 1.33 bits per heavy atom. The van der Waals surface area contributed by atoms with Gasteiger partial charge in [-0.1, -0.05) is 6.07 Å². The van der Waals surface area contributed by atoms with Gasteiger partial charge in [-0.05, 0) is 13.0 Å². The predicted molar refractivity (Wildman–Crippen MR) is 65.0 cm³/mol. The molecule has 3 nitrogen and oxygen atoms in total. The third-order valence-corrected chi connectivity index (χ3v) is 2.78. The van der Waals surface area contributed by atoms with Gasteiger partial charge < -0.3 is 9.88 Å². The highest BCUT2D eigenvalue weighted by Crippen LogP contribution is 2.08. The largest absolute Gasteiger partial charge is 0.334 e. The number of hydrogen-bond acceptors (Lipinski definition) is 2. The zero-order chi connectivity index (χ0) is 13.0. The van der Waals surface area contributed by atoms with Gasteiger partial charge in [0, 0.05) is 43.7 Å². The van der Waals surface area contributed by atoms with Crippen molar-refractivity contribution in [1.29, 1.82) is 0 Å². The summed E-state index contributed by atoms with van der Waals surface area (Å²) >= 11 is 0. The van der Waals surface area contributed by atoms with Gasteiger partial charge in [-0.15, -0.1) is 0 Å². The summed E-state index contributed by atoms with van der Waals surface area (Å²) in [5, 5.41) is 3.12. The molecule has 0 amide bonds. The molecule has 0 bridgehead atoms. The van der Waals surface area contributed by atoms with E-state index in [2.05, 4.69) is 10.3 Å². The van der Waals surface area contributed by atoms with Crippen LogP contribution in [0.25, 0.3) is 0 Å². The Hall–Kier alpha value is -1.75. The van der Waals surface area contributed by atoms with Crippen molar-refractivity contribution in [2.45, 2.75) is 20.0 Å². The summed E-state index contributed by atoms with van der Waals surface area (Å²) in [7, 11) is 0. The molecular weight excluding hydrogens is 236 g/mol. The normalized spacial score (nSPS) is 10.8. The number of rotatable bonds is 5. The van der Waals surface area contributed by atoms with Crippen LogP contribution in [0.4, 0.5) is 8.78 Å². The maximum atomic E-state index is 13.3. The van der Waals surface area contributed by atoms with Crippen molar-refractivity contribution in [2.75, 3.05) is 6.54 Å². The zero-order valence-corrected chi connectivity index (χ0v) is 10.2. The van der Waals surface area contributed by atoms with Gasteiger partial charge in [-0.2, -0.15) is 0 Å². The lowest BCUT2D eigenvalue weighted by molar-refractivity contribution is 0.546. The quantitative estimate of drug-likeness (QED) is 0.826. The van der Waals surface area contributed by atoms with Crippen LogP contribution in [-0.2, 0) is 13.1 Å². The molecule has 0 aliphatic rings. The molecular formula is C13H15F2N3. The Morgan fingerprint density at radius 3 is 2.83 bits per heavy atom. The number of hydrogen-bond donors (Lipinski definition) is 1. The molecule has 1 aromatic carbocycles. The van der Waals surface area contributed by atoms with Crippen LogP contribution in [0.15, 0.2) is 30.6 Å². The number of aromatic nitrogens is 2. The number of aryl methyl sites for hydroxylation is 1. The van der Waals surface area contributed by atoms with Gasteiger partial charge in [0.1, 0.15) is 17.5 Å². The van der Waals surface area contributed by atoms with E-state index in [0.29, 0.717) is 18.7 Å². The smallest absolute Gasteiger partial charge is 0.130 e. The molecule has 2 aromatic rings. The first kappa shape index (κ1) is 12.7. The van der Waals surface area contributed by atoms with Gasteiger partial charge in [0.05, 0.1) is 0 Å². The fraction of sp³-hybridized carbons (Fsp3) is 0.308. The minimum Gasteiger partial charge on any atom is -0.334 e. The summed E-state index contributed by atoms with van der Waals surface area (Å²) in [6.07, 6.45) is 3.64. The molecule has 5 heteroatoms. The van der Waals surface area contributed by atoms with Crippen molar-refractivity contribution < 1.29 is 8.78 Å². The molecule has 0 atom stereocenters. The fourth-order valence-corrected chi connectivity index (χ4v) is 1.73. The van der Waals surface area contributed by atoms with Crippen LogP contribution >= 0.6 is 0 Å². The summed E-state index contributed by atoms with van der Waals surface area (Å²) in [5.74, 6) is -0.114. The van der Waals surface area contributed by atoms with Crippen LogP contribution in [-0.4, -0.2) is 16.1 Å². The summed E-state index contributed by atoms with van der Waals surface area (Å²) < 4.78 is 28.0. The highest BCUT2D eigenvalue weighted by molar-refractivity contribution is 5.18. The van der Waals surface area contributed by atoms with E-state index in [-0.39, 0.29) is 0 Å². The molecule has 0 fully saturated rings. The molecule has 0 saturated heterocycles. The Balaban J connectivity index is 1.80. The molecule has 0 aliphatic heterocycles. The van der Waals surface area contributed by atoms with Gasteiger partial charge in [-0.3, -0.25) is 0 Å². The van der Waals surface area contributed by atoms with Crippen molar-refractivity contribution in [3.8, 4) is 0 Å². The van der Waals surface area contributed by atoms with Crippen molar-refractivity contribution in [3.63, 3.8) is 0 Å². The minimum atomic E-state index is -0.551. The summed E-state index contributed by atoms with van der Waals surface area (Å²) in [6.45, 7) is 3.79. The maximum absolute atomic E-state index is 13.3. The predicted octanol–water partition coefficient (Wildman–Crippen LogP) is 2.26. The van der Waals surface area contributed by atoms with Gasteiger partial charge >= 0.3 is 0 Å². The number of halogens is 2. The topological polar surface area (TPSA) is 29.9 Å². The molecule has 18 heavy (non-hydrogen) atoms. The van der Waals surface area contributed by atoms with Gasteiger partial charge in [-0.25, -0.2) is 13.8 Å². The number of nitrogens with one attached hydrogen (secondary N) is 1. The number of benzene rings is 1. The van der Waals surface area contributed by atoms with E-state index in [1.165, 1.54) is 12.1 Å². The van der Waals surface area contributed by atoms with E-state index in [9.17, 15) is 8.78 Å². The fourth-order valence-electron chi connectivity index (χ4n) is 1.73. The molecule has 96 valence electrons. The standard InChI is InChI=1S/C13H15F2N3/c1-10-17-5-7-18(10)6-4-16-9-11-2-3-12(14)8-13(11)15/h2-3,5,7-8,16H,4,6,9H2,1H3. The van der Waals surface area contributed by atoms with Crippen molar-refractivity contribution in [3.05, 3.63) is 53.6 Å². The summed E-state index contributed by atoms with van der Waals surface area (Å²) in [6, 6.07) is 3.62. The lowest BCUT2D eigenvalue weighted by Crippen LogP contribution is -2.20. The maximum Gasteiger partial charge on any atom is 0.130 e. The number of imidazole rings is 1. The summed E-state index contributed by atoms with van der Waals surface area (Å²) in [5.41, 5.74) is 0.471. The van der Waals surface area contributed by atoms with Crippen molar-refractivity contribution >= 4 is 0 Å². The highest BCUT2D eigenvalue weighted by atomic mass is 19.1. The monoisotopic (exact) mass is 251 g/mol. The highest BCUT2D eigenvalue weighted by Gasteiger charge is 2.03. The first-order chi connectivity index (χ1) is 8.66. The SMILES string of the molecule is Cc1nccn1CCNCc1ccc(F)cc1F. The van der Waals surface area contributed by atoms with E-state index in [1.807, 2.05) is 17.7 Å². The second kappa shape index (κ2) is 5.73. The first-order valence-electron chi connectivity index (χ1n) is 5.79. The third-order valence-electron chi connectivity index (χ3n) is 2.78. The van der Waals surface area contributed by atoms with Crippen molar-refractivity contribution in [2.24, 2.45) is 0 Å². The molecule has 1 aromatic heterocycles. The Bertz CT molecular complexity index is 523. The Kier molecular flexibility index (Phi) is 4.04. The van der Waals surface area contributed by atoms with E-state index in [4.69, 9.17) is 0 Å². The first-order valence-corrected chi connectivity index (χ1v) is 5.79. The van der Waals surface area contributed by atoms with Gasteiger partial charge in [0.25, 0.3) is 0 Å². The average Bonchev–Trinajstić information content (AvgIpc) is 2.73. The van der Waals surface area contributed by atoms with Crippen LogP contribution in [0.3, 0.4) is 0 Å². The molecule has 0 spiro atoms. The lowest BCUT2D eigenvalue weighted by atomic mass is 10.2. The third kappa shape index (κ3) is 3.13. The molecule has 0 saturated carbocycles. The lowest BCUT2D eigenvalue weighted by Gasteiger charge is -2.08. The Morgan fingerprint density at radius 2 is 2.17 bits per heavy atom. The summed E-state index contributed by atoms with van der Waals surface area (Å²) in [4.78, 5) is 4.11. The van der Waals surface area contributed by atoms with E-state index in [1.54, 1.807) is 6.20 Å². The van der Waals surface area contributed by atoms with E-state index >= 15 is 0 Å². The van der Waals surface area contributed by atoms with Crippen LogP contribution in [0.1, 0.15) is 11.4 Å².